The van der Waals surface area contributed by atoms with Gasteiger partial charge in [0.05, 0.1) is 5.97 Å². The monoisotopic (exact) mass is 416 g/mol. The van der Waals surface area contributed by atoms with E-state index in [0.29, 0.717) is 18.4 Å². The number of benzene rings is 2. The average molecular weight is 416 g/mol. The van der Waals surface area contributed by atoms with Gasteiger partial charge >= 0.3 is 29.6 Å². The standard InChI is InChI=1S/C25H30O4.Na/c1-17(2)8-7-9-18(3)12-15-21-22(26)16-20(23(24(21)27)25(28)29)14-13-19-10-5-4-6-11-19;/h4-6,8,10-12,16,26-27H,7,9,13-15H2,1-3H3,(H,28,29);/q;+1/p-1/b18-12+;. The number of carboxylic acid groups (broad SMARTS) is 1. The van der Waals surface area contributed by atoms with Gasteiger partial charge in [0.15, 0.2) is 0 Å². The summed E-state index contributed by atoms with van der Waals surface area (Å²) in [4.78, 5) is 11.7. The SMILES string of the molecule is CC(C)=CCC/C(C)=C/Cc1c(O)cc(CCc2ccccc2)c(C(=O)[O-])c1O.[Na+]. The molecule has 0 radical (unpaired) electrons. The maximum absolute atomic E-state index is 11.7. The minimum atomic E-state index is -1.43. The number of allylic oxidation sites excluding steroid dienone is 4. The molecule has 2 rings (SSSR count). The van der Waals surface area contributed by atoms with Crippen LogP contribution in [0.4, 0.5) is 0 Å². The van der Waals surface area contributed by atoms with Gasteiger partial charge in [-0.2, -0.15) is 0 Å². The van der Waals surface area contributed by atoms with E-state index in [1.54, 1.807) is 0 Å². The maximum atomic E-state index is 11.7. The zero-order chi connectivity index (χ0) is 21.4. The molecule has 0 amide bonds. The second-order valence-electron chi connectivity index (χ2n) is 7.60. The molecule has 0 aliphatic carbocycles. The van der Waals surface area contributed by atoms with Crippen LogP contribution in [0.15, 0.2) is 59.7 Å². The summed E-state index contributed by atoms with van der Waals surface area (Å²) < 4.78 is 0. The Hall–Kier alpha value is -2.01. The summed E-state index contributed by atoms with van der Waals surface area (Å²) in [6.07, 6.45) is 7.10. The van der Waals surface area contributed by atoms with E-state index in [0.717, 1.165) is 24.0 Å². The molecule has 0 bridgehead atoms. The number of rotatable bonds is 9. The first-order chi connectivity index (χ1) is 13.8. The molecule has 0 spiro atoms. The number of carbonyl (C=O) groups excluding carboxylic acids is 1. The second kappa shape index (κ2) is 12.6. The molecule has 0 saturated carbocycles. The van der Waals surface area contributed by atoms with Gasteiger partial charge in [-0.25, -0.2) is 0 Å². The number of carboxylic acids is 1. The molecule has 2 aromatic carbocycles. The van der Waals surface area contributed by atoms with Crippen molar-refractivity contribution in [1.29, 1.82) is 0 Å². The maximum Gasteiger partial charge on any atom is 1.00 e. The number of hydrogen-bond acceptors (Lipinski definition) is 4. The van der Waals surface area contributed by atoms with Crippen molar-refractivity contribution in [3.8, 4) is 11.5 Å². The first-order valence-electron chi connectivity index (χ1n) is 9.90. The fraction of sp³-hybridized carbons (Fsp3) is 0.320. The van der Waals surface area contributed by atoms with Crippen LogP contribution in [0.5, 0.6) is 11.5 Å². The van der Waals surface area contributed by atoms with Crippen molar-refractivity contribution < 1.29 is 49.7 Å². The van der Waals surface area contributed by atoms with Crippen LogP contribution in [0.25, 0.3) is 0 Å². The van der Waals surface area contributed by atoms with Crippen molar-refractivity contribution in [2.24, 2.45) is 0 Å². The summed E-state index contributed by atoms with van der Waals surface area (Å²) in [5.74, 6) is -1.93. The molecule has 30 heavy (non-hydrogen) atoms. The number of hydrogen-bond donors (Lipinski definition) is 2. The van der Waals surface area contributed by atoms with Gasteiger partial charge < -0.3 is 20.1 Å². The third kappa shape index (κ3) is 7.67. The van der Waals surface area contributed by atoms with Gasteiger partial charge in [-0.1, -0.05) is 53.6 Å². The van der Waals surface area contributed by atoms with E-state index in [2.05, 4.69) is 19.9 Å². The molecule has 4 nitrogen and oxygen atoms in total. The molecule has 0 fully saturated rings. The molecule has 2 aromatic rings. The van der Waals surface area contributed by atoms with E-state index in [-0.39, 0.29) is 52.9 Å². The van der Waals surface area contributed by atoms with Crippen LogP contribution in [0.2, 0.25) is 0 Å². The molecule has 154 valence electrons. The number of aromatic hydroxyl groups is 2. The van der Waals surface area contributed by atoms with E-state index in [1.807, 2.05) is 43.3 Å². The van der Waals surface area contributed by atoms with Crippen molar-refractivity contribution >= 4 is 5.97 Å². The van der Waals surface area contributed by atoms with Crippen molar-refractivity contribution in [2.45, 2.75) is 52.9 Å². The van der Waals surface area contributed by atoms with Gasteiger partial charge in [0, 0.05) is 11.1 Å². The van der Waals surface area contributed by atoms with Crippen LogP contribution in [-0.2, 0) is 19.3 Å². The molecule has 0 heterocycles. The third-order valence-corrected chi connectivity index (χ3v) is 4.94. The van der Waals surface area contributed by atoms with Crippen molar-refractivity contribution in [1.82, 2.24) is 0 Å². The normalized spacial score (nSPS) is 11.0. The van der Waals surface area contributed by atoms with Gasteiger partial charge in [0.1, 0.15) is 11.5 Å². The van der Waals surface area contributed by atoms with Crippen LogP contribution >= 0.6 is 0 Å². The Morgan fingerprint density at radius 3 is 2.30 bits per heavy atom. The Kier molecular flexibility index (Phi) is 11.0. The first kappa shape index (κ1) is 26.0. The van der Waals surface area contributed by atoms with Gasteiger partial charge in [-0.3, -0.25) is 0 Å². The first-order valence-corrected chi connectivity index (χ1v) is 9.90. The number of aryl methyl sites for hydroxylation is 2. The zero-order valence-electron chi connectivity index (χ0n) is 18.4. The third-order valence-electron chi connectivity index (χ3n) is 4.94. The van der Waals surface area contributed by atoms with Crippen molar-refractivity contribution in [2.75, 3.05) is 0 Å². The molecule has 0 atom stereocenters. The molecular formula is C25H29NaO4. The van der Waals surface area contributed by atoms with Gasteiger partial charge in [-0.05, 0) is 70.1 Å². The summed E-state index contributed by atoms with van der Waals surface area (Å²) in [5.41, 5.74) is 3.78. The molecule has 0 aliphatic rings. The number of aromatic carboxylic acids is 1. The summed E-state index contributed by atoms with van der Waals surface area (Å²) in [6, 6.07) is 11.1. The van der Waals surface area contributed by atoms with Gasteiger partial charge in [-0.15, -0.1) is 0 Å². The van der Waals surface area contributed by atoms with E-state index < -0.39 is 11.7 Å². The van der Waals surface area contributed by atoms with Crippen LogP contribution < -0.4 is 34.7 Å². The van der Waals surface area contributed by atoms with Crippen molar-refractivity contribution in [3.05, 3.63) is 82.0 Å². The van der Waals surface area contributed by atoms with Crippen molar-refractivity contribution in [3.63, 3.8) is 0 Å². The van der Waals surface area contributed by atoms with E-state index in [9.17, 15) is 20.1 Å². The summed E-state index contributed by atoms with van der Waals surface area (Å²) >= 11 is 0. The molecule has 2 N–H and O–H groups in total. The quantitative estimate of drug-likeness (QED) is 0.479. The Balaban J connectivity index is 0.00000450. The van der Waals surface area contributed by atoms with E-state index in [1.165, 1.54) is 11.6 Å². The Morgan fingerprint density at radius 1 is 1.03 bits per heavy atom. The fourth-order valence-corrected chi connectivity index (χ4v) is 3.27. The second-order valence-corrected chi connectivity index (χ2v) is 7.60. The molecule has 0 aromatic heterocycles. The minimum Gasteiger partial charge on any atom is -0.545 e. The molecule has 5 heteroatoms. The number of carbonyl (C=O) groups is 1. The minimum absolute atomic E-state index is 0. The predicted molar refractivity (Wildman–Crippen MR) is 114 cm³/mol. The largest absolute Gasteiger partial charge is 1.00 e. The van der Waals surface area contributed by atoms with E-state index in [4.69, 9.17) is 0 Å². The smallest absolute Gasteiger partial charge is 0.545 e. The predicted octanol–water partition coefficient (Wildman–Crippen LogP) is 1.49. The Bertz CT molecular complexity index is 910. The van der Waals surface area contributed by atoms with Crippen LogP contribution in [0.1, 0.15) is 60.7 Å². The summed E-state index contributed by atoms with van der Waals surface area (Å²) in [7, 11) is 0. The van der Waals surface area contributed by atoms with E-state index >= 15 is 0 Å². The number of phenolic OH excluding ortho intramolecular Hbond substituents is 1. The summed E-state index contributed by atoms with van der Waals surface area (Å²) in [6.45, 7) is 6.09. The topological polar surface area (TPSA) is 80.6 Å². The Labute approximate surface area is 201 Å². The zero-order valence-corrected chi connectivity index (χ0v) is 20.4. The average Bonchev–Trinajstić information content (AvgIpc) is 2.66. The van der Waals surface area contributed by atoms with Crippen LogP contribution in [-0.4, -0.2) is 16.2 Å². The van der Waals surface area contributed by atoms with Gasteiger partial charge in [0.2, 0.25) is 0 Å². The molecule has 0 saturated heterocycles. The molecular weight excluding hydrogens is 387 g/mol. The molecule has 0 unspecified atom stereocenters. The number of phenols is 2. The van der Waals surface area contributed by atoms with Crippen LogP contribution in [0, 0.1) is 0 Å². The van der Waals surface area contributed by atoms with Gasteiger partial charge in [0.25, 0.3) is 0 Å². The Morgan fingerprint density at radius 2 is 1.70 bits per heavy atom. The fourth-order valence-electron chi connectivity index (χ4n) is 3.27. The summed E-state index contributed by atoms with van der Waals surface area (Å²) in [5, 5.41) is 32.7. The molecule has 0 aliphatic heterocycles. The van der Waals surface area contributed by atoms with Crippen LogP contribution in [0.3, 0.4) is 0 Å².